The molecule has 0 aliphatic rings. The number of urea groups is 1. The summed E-state index contributed by atoms with van der Waals surface area (Å²) < 4.78 is 1.48. The minimum Gasteiger partial charge on any atom is -0.326 e. The number of nitrogens with one attached hydrogen (secondary N) is 3. The van der Waals surface area contributed by atoms with Gasteiger partial charge in [0.05, 0.1) is 0 Å². The van der Waals surface area contributed by atoms with Crippen molar-refractivity contribution in [3.05, 3.63) is 89.3 Å². The van der Waals surface area contributed by atoms with Crippen molar-refractivity contribution in [1.29, 1.82) is 0 Å². The number of amides is 3. The van der Waals surface area contributed by atoms with Crippen LogP contribution in [0.5, 0.6) is 0 Å². The summed E-state index contributed by atoms with van der Waals surface area (Å²) in [7, 11) is 0. The number of hydrogen-bond donors (Lipinski definition) is 3. The molecule has 0 saturated carbocycles. The van der Waals surface area contributed by atoms with Crippen LogP contribution in [0, 0.1) is 0 Å². The van der Waals surface area contributed by atoms with Crippen LogP contribution in [0.1, 0.15) is 6.42 Å². The highest BCUT2D eigenvalue weighted by Crippen LogP contribution is 2.16. The summed E-state index contributed by atoms with van der Waals surface area (Å²) >= 11 is 0. The van der Waals surface area contributed by atoms with Gasteiger partial charge in [0.2, 0.25) is 5.91 Å². The Kier molecular flexibility index (Phi) is 6.20. The molecule has 0 saturated heterocycles. The Balaban J connectivity index is 1.54. The average molecular weight is 376 g/mol. The molecule has 7 nitrogen and oxygen atoms in total. The predicted molar refractivity (Wildman–Crippen MR) is 109 cm³/mol. The molecule has 2 aromatic carbocycles. The largest absolute Gasteiger partial charge is 0.326 e. The van der Waals surface area contributed by atoms with Crippen LogP contribution in [-0.4, -0.2) is 16.5 Å². The Morgan fingerprint density at radius 2 is 1.39 bits per heavy atom. The van der Waals surface area contributed by atoms with Gasteiger partial charge in [0.15, 0.2) is 0 Å². The summed E-state index contributed by atoms with van der Waals surface area (Å²) in [5, 5.41) is 8.22. The second-order valence-corrected chi connectivity index (χ2v) is 6.06. The van der Waals surface area contributed by atoms with Crippen LogP contribution in [0.25, 0.3) is 0 Å². The topological polar surface area (TPSA) is 92.2 Å². The molecule has 0 aliphatic carbocycles. The first kappa shape index (κ1) is 18.9. The minimum atomic E-state index is -0.377. The Labute approximate surface area is 162 Å². The molecule has 3 N–H and O–H groups in total. The Morgan fingerprint density at radius 3 is 2.14 bits per heavy atom. The molecule has 1 heterocycles. The first-order valence-electron chi connectivity index (χ1n) is 8.78. The lowest BCUT2D eigenvalue weighted by molar-refractivity contribution is -0.116. The van der Waals surface area contributed by atoms with E-state index in [4.69, 9.17) is 0 Å². The van der Waals surface area contributed by atoms with E-state index in [0.29, 0.717) is 23.6 Å². The number of para-hydroxylation sites is 1. The van der Waals surface area contributed by atoms with Gasteiger partial charge < -0.3 is 20.5 Å². The number of pyridine rings is 1. The molecule has 0 atom stereocenters. The molecule has 1 aromatic heterocycles. The molecule has 0 aliphatic heterocycles. The number of carbonyl (C=O) groups is 2. The zero-order valence-electron chi connectivity index (χ0n) is 15.1. The van der Waals surface area contributed by atoms with Crippen molar-refractivity contribution in [1.82, 2.24) is 4.57 Å². The molecule has 0 radical (unpaired) electrons. The van der Waals surface area contributed by atoms with Crippen molar-refractivity contribution in [2.75, 3.05) is 16.0 Å². The quantitative estimate of drug-likeness (QED) is 0.615. The lowest BCUT2D eigenvalue weighted by atomic mass is 10.2. The molecule has 7 heteroatoms. The van der Waals surface area contributed by atoms with E-state index in [1.807, 2.05) is 18.2 Å². The van der Waals surface area contributed by atoms with Gasteiger partial charge in [0, 0.05) is 42.3 Å². The monoisotopic (exact) mass is 376 g/mol. The van der Waals surface area contributed by atoms with Crippen LogP contribution >= 0.6 is 0 Å². The van der Waals surface area contributed by atoms with Crippen LogP contribution in [0.15, 0.2) is 83.8 Å². The van der Waals surface area contributed by atoms with E-state index < -0.39 is 0 Å². The maximum atomic E-state index is 12.1. The average Bonchev–Trinajstić information content (AvgIpc) is 2.68. The third-order valence-electron chi connectivity index (χ3n) is 3.91. The SMILES string of the molecule is O=C(CCn1ccccc1=O)Nc1cccc(NC(=O)Nc2ccccc2)c1. The normalized spacial score (nSPS) is 10.1. The van der Waals surface area contributed by atoms with Gasteiger partial charge in [0.1, 0.15) is 0 Å². The number of benzene rings is 2. The lowest BCUT2D eigenvalue weighted by Crippen LogP contribution is -2.22. The first-order chi connectivity index (χ1) is 13.6. The van der Waals surface area contributed by atoms with E-state index in [-0.39, 0.29) is 23.9 Å². The number of rotatable bonds is 6. The highest BCUT2D eigenvalue weighted by molar-refractivity contribution is 6.00. The zero-order chi connectivity index (χ0) is 19.8. The van der Waals surface area contributed by atoms with Crippen LogP contribution in [0.4, 0.5) is 21.9 Å². The second kappa shape index (κ2) is 9.18. The Bertz CT molecular complexity index is 1020. The third-order valence-corrected chi connectivity index (χ3v) is 3.91. The van der Waals surface area contributed by atoms with Gasteiger partial charge in [-0.3, -0.25) is 9.59 Å². The van der Waals surface area contributed by atoms with Gasteiger partial charge in [-0.05, 0) is 36.4 Å². The minimum absolute atomic E-state index is 0.147. The molecule has 0 bridgehead atoms. The summed E-state index contributed by atoms with van der Waals surface area (Å²) in [5.41, 5.74) is 1.64. The van der Waals surface area contributed by atoms with E-state index in [1.165, 1.54) is 10.6 Å². The second-order valence-electron chi connectivity index (χ2n) is 6.06. The smallest absolute Gasteiger partial charge is 0.323 e. The van der Waals surface area contributed by atoms with E-state index in [0.717, 1.165) is 0 Å². The van der Waals surface area contributed by atoms with Gasteiger partial charge in [0.25, 0.3) is 5.56 Å². The molecule has 0 unspecified atom stereocenters. The summed E-state index contributed by atoms with van der Waals surface area (Å²) in [6, 6.07) is 20.4. The molecule has 3 amide bonds. The lowest BCUT2D eigenvalue weighted by Gasteiger charge is -2.10. The summed E-state index contributed by atoms with van der Waals surface area (Å²) in [6.07, 6.45) is 1.81. The number of anilines is 3. The number of hydrogen-bond acceptors (Lipinski definition) is 3. The van der Waals surface area contributed by atoms with E-state index in [2.05, 4.69) is 16.0 Å². The number of aryl methyl sites for hydroxylation is 1. The van der Waals surface area contributed by atoms with Gasteiger partial charge in [-0.15, -0.1) is 0 Å². The highest BCUT2D eigenvalue weighted by Gasteiger charge is 2.06. The van der Waals surface area contributed by atoms with Gasteiger partial charge in [-0.25, -0.2) is 4.79 Å². The molecule has 142 valence electrons. The molecular formula is C21H20N4O3. The van der Waals surface area contributed by atoms with Gasteiger partial charge in [-0.2, -0.15) is 0 Å². The van der Waals surface area contributed by atoms with Gasteiger partial charge >= 0.3 is 6.03 Å². The fraction of sp³-hybridized carbons (Fsp3) is 0.0952. The summed E-state index contributed by atoms with van der Waals surface area (Å²) in [6.45, 7) is 0.295. The molecule has 28 heavy (non-hydrogen) atoms. The van der Waals surface area contributed by atoms with Crippen molar-refractivity contribution in [3.63, 3.8) is 0 Å². The van der Waals surface area contributed by atoms with Crippen LogP contribution in [-0.2, 0) is 11.3 Å². The van der Waals surface area contributed by atoms with Crippen molar-refractivity contribution < 1.29 is 9.59 Å². The van der Waals surface area contributed by atoms with E-state index in [9.17, 15) is 14.4 Å². The molecule has 3 aromatic rings. The van der Waals surface area contributed by atoms with Crippen molar-refractivity contribution in [2.24, 2.45) is 0 Å². The standard InChI is InChI=1S/C21H20N4O3/c26-19(12-14-25-13-5-4-11-20(25)27)22-17-9-6-10-18(15-17)24-21(28)23-16-7-2-1-3-8-16/h1-11,13,15H,12,14H2,(H,22,26)(H2,23,24,28). The van der Waals surface area contributed by atoms with Crippen LogP contribution in [0.2, 0.25) is 0 Å². The molecule has 0 spiro atoms. The maximum absolute atomic E-state index is 12.1. The van der Waals surface area contributed by atoms with E-state index in [1.54, 1.807) is 54.7 Å². The fourth-order valence-corrected chi connectivity index (χ4v) is 2.58. The number of carbonyl (C=O) groups excluding carboxylic acids is 2. The van der Waals surface area contributed by atoms with Crippen LogP contribution < -0.4 is 21.5 Å². The van der Waals surface area contributed by atoms with Crippen molar-refractivity contribution >= 4 is 29.0 Å². The van der Waals surface area contributed by atoms with Crippen molar-refractivity contribution in [3.8, 4) is 0 Å². The first-order valence-corrected chi connectivity index (χ1v) is 8.78. The van der Waals surface area contributed by atoms with Crippen molar-refractivity contribution in [2.45, 2.75) is 13.0 Å². The molecule has 3 rings (SSSR count). The van der Waals surface area contributed by atoms with Gasteiger partial charge in [-0.1, -0.05) is 30.3 Å². The number of aromatic nitrogens is 1. The molecular weight excluding hydrogens is 356 g/mol. The fourth-order valence-electron chi connectivity index (χ4n) is 2.58. The van der Waals surface area contributed by atoms with E-state index >= 15 is 0 Å². The maximum Gasteiger partial charge on any atom is 0.323 e. The molecule has 0 fully saturated rings. The third kappa shape index (κ3) is 5.57. The highest BCUT2D eigenvalue weighted by atomic mass is 16.2. The number of nitrogens with zero attached hydrogens (tertiary/aromatic N) is 1. The summed E-state index contributed by atoms with van der Waals surface area (Å²) in [5.74, 6) is -0.221. The predicted octanol–water partition coefficient (Wildman–Crippen LogP) is 3.52. The Morgan fingerprint density at radius 1 is 0.750 bits per heavy atom. The summed E-state index contributed by atoms with van der Waals surface area (Å²) in [4.78, 5) is 35.9. The van der Waals surface area contributed by atoms with Crippen LogP contribution in [0.3, 0.4) is 0 Å². The zero-order valence-corrected chi connectivity index (χ0v) is 15.1. The Hall–Kier alpha value is -3.87.